The van der Waals surface area contributed by atoms with Gasteiger partial charge in [-0.3, -0.25) is 0 Å². The number of benzene rings is 4. The fourth-order valence-corrected chi connectivity index (χ4v) is 3.74. The molecule has 0 aliphatic carbocycles. The monoisotopic (exact) mass is 479 g/mol. The van der Waals surface area contributed by atoms with Crippen molar-refractivity contribution in [1.82, 2.24) is 0 Å². The van der Waals surface area contributed by atoms with Gasteiger partial charge in [0, 0.05) is 15.8 Å². The Morgan fingerprint density at radius 1 is 0.714 bits per heavy atom. The summed E-state index contributed by atoms with van der Waals surface area (Å²) in [7, 11) is 0. The summed E-state index contributed by atoms with van der Waals surface area (Å²) >= 11 is 2.38. The maximum Gasteiger partial charge on any atom is 0.119 e. The molecule has 0 atom stereocenters. The number of anilines is 1. The van der Waals surface area contributed by atoms with Gasteiger partial charge in [-0.25, -0.2) is 0 Å². The number of nitrogens with one attached hydrogen (secondary N) is 1. The molecule has 3 heteroatoms. The van der Waals surface area contributed by atoms with Crippen molar-refractivity contribution in [1.29, 1.82) is 0 Å². The first kappa shape index (κ1) is 18.8. The Bertz CT molecular complexity index is 1060. The largest absolute Gasteiger partial charge is 0.489 e. The fourth-order valence-electron chi connectivity index (χ4n) is 3.22. The van der Waals surface area contributed by atoms with Crippen molar-refractivity contribution in [3.05, 3.63) is 106 Å². The van der Waals surface area contributed by atoms with Crippen LogP contribution in [0.25, 0.3) is 10.8 Å². The number of halogens is 1. The molecular weight excluding hydrogens is 457 g/mol. The molecule has 28 heavy (non-hydrogen) atoms. The van der Waals surface area contributed by atoms with Crippen molar-refractivity contribution >= 4 is 39.1 Å². The van der Waals surface area contributed by atoms with Gasteiger partial charge in [0.2, 0.25) is 0 Å². The van der Waals surface area contributed by atoms with Gasteiger partial charge in [0.25, 0.3) is 0 Å². The van der Waals surface area contributed by atoms with E-state index in [1.54, 1.807) is 0 Å². The maximum atomic E-state index is 5.87. The quantitative estimate of drug-likeness (QED) is 0.299. The van der Waals surface area contributed by atoms with E-state index >= 15 is 0 Å². The fraction of sp³-hybridized carbons (Fsp3) is 0.120. The third kappa shape index (κ3) is 4.84. The number of fused-ring (bicyclic) bond motifs is 1. The van der Waals surface area contributed by atoms with Crippen LogP contribution in [0.2, 0.25) is 0 Å². The first-order chi connectivity index (χ1) is 13.8. The van der Waals surface area contributed by atoms with Crippen molar-refractivity contribution in [3.8, 4) is 5.75 Å². The maximum absolute atomic E-state index is 5.87. The van der Waals surface area contributed by atoms with Crippen LogP contribution in [0.15, 0.2) is 91.0 Å². The molecule has 0 aliphatic rings. The highest BCUT2D eigenvalue weighted by molar-refractivity contribution is 14.1. The zero-order valence-electron chi connectivity index (χ0n) is 15.6. The van der Waals surface area contributed by atoms with Crippen LogP contribution in [0.1, 0.15) is 11.1 Å². The predicted molar refractivity (Wildman–Crippen MR) is 126 cm³/mol. The SMILES string of the molecule is Ic1ccc(COc2ccccc2)cc1NCCc1ccc2ccccc2c1. The summed E-state index contributed by atoms with van der Waals surface area (Å²) < 4.78 is 7.09. The highest BCUT2D eigenvalue weighted by Crippen LogP contribution is 2.22. The molecule has 4 aromatic carbocycles. The summed E-state index contributed by atoms with van der Waals surface area (Å²) in [5, 5.41) is 6.18. The van der Waals surface area contributed by atoms with Gasteiger partial charge in [-0.2, -0.15) is 0 Å². The zero-order chi connectivity index (χ0) is 19.2. The standard InChI is InChI=1S/C25H22INO/c26-24-13-11-20(18-28-23-8-2-1-3-9-23)17-25(24)27-15-14-19-10-12-21-6-4-5-7-22(21)16-19/h1-13,16-17,27H,14-15,18H2. The molecule has 0 spiro atoms. The van der Waals surface area contributed by atoms with Gasteiger partial charge in [0.15, 0.2) is 0 Å². The molecule has 140 valence electrons. The molecule has 0 aliphatic heterocycles. The van der Waals surface area contributed by atoms with Gasteiger partial charge in [-0.05, 0) is 75.2 Å². The molecule has 0 saturated carbocycles. The topological polar surface area (TPSA) is 21.3 Å². The summed E-state index contributed by atoms with van der Waals surface area (Å²) in [5.74, 6) is 0.895. The van der Waals surface area contributed by atoms with Crippen LogP contribution in [-0.4, -0.2) is 6.54 Å². The van der Waals surface area contributed by atoms with E-state index in [0.29, 0.717) is 6.61 Å². The van der Waals surface area contributed by atoms with Gasteiger partial charge in [-0.15, -0.1) is 0 Å². The lowest BCUT2D eigenvalue weighted by Gasteiger charge is -2.12. The molecule has 0 unspecified atom stereocenters. The number of rotatable bonds is 7. The summed E-state index contributed by atoms with van der Waals surface area (Å²) in [6, 6.07) is 31.6. The number of hydrogen-bond acceptors (Lipinski definition) is 2. The Morgan fingerprint density at radius 3 is 2.32 bits per heavy atom. The van der Waals surface area contributed by atoms with Gasteiger partial charge < -0.3 is 10.1 Å². The molecule has 2 nitrogen and oxygen atoms in total. The third-order valence-electron chi connectivity index (χ3n) is 4.72. The Labute approximate surface area is 179 Å². The van der Waals surface area contributed by atoms with E-state index in [0.717, 1.165) is 30.0 Å². The Balaban J connectivity index is 1.37. The Kier molecular flexibility index (Phi) is 6.12. The van der Waals surface area contributed by atoms with Crippen LogP contribution < -0.4 is 10.1 Å². The molecule has 0 amide bonds. The summed E-state index contributed by atoms with van der Waals surface area (Å²) in [4.78, 5) is 0. The number of hydrogen-bond donors (Lipinski definition) is 1. The van der Waals surface area contributed by atoms with Gasteiger partial charge in [0.1, 0.15) is 12.4 Å². The number of para-hydroxylation sites is 1. The van der Waals surface area contributed by atoms with E-state index in [2.05, 4.69) is 88.6 Å². The lowest BCUT2D eigenvalue weighted by atomic mass is 10.1. The van der Waals surface area contributed by atoms with Crippen molar-refractivity contribution in [2.75, 3.05) is 11.9 Å². The minimum Gasteiger partial charge on any atom is -0.489 e. The smallest absolute Gasteiger partial charge is 0.119 e. The predicted octanol–water partition coefficient (Wildman–Crippen LogP) is 6.68. The molecule has 0 bridgehead atoms. The van der Waals surface area contributed by atoms with Crippen molar-refractivity contribution in [2.45, 2.75) is 13.0 Å². The van der Waals surface area contributed by atoms with Crippen LogP contribution in [0, 0.1) is 3.57 Å². The molecule has 4 rings (SSSR count). The van der Waals surface area contributed by atoms with Crippen molar-refractivity contribution in [2.24, 2.45) is 0 Å². The van der Waals surface area contributed by atoms with Crippen molar-refractivity contribution < 1.29 is 4.74 Å². The summed E-state index contributed by atoms with van der Waals surface area (Å²) in [5.41, 5.74) is 3.68. The number of ether oxygens (including phenoxy) is 1. The summed E-state index contributed by atoms with van der Waals surface area (Å²) in [6.07, 6.45) is 0.992. The van der Waals surface area contributed by atoms with E-state index < -0.39 is 0 Å². The molecule has 0 heterocycles. The zero-order valence-corrected chi connectivity index (χ0v) is 17.7. The second-order valence-electron chi connectivity index (χ2n) is 6.77. The molecule has 0 radical (unpaired) electrons. The average Bonchev–Trinajstić information content (AvgIpc) is 2.75. The van der Waals surface area contributed by atoms with Gasteiger partial charge >= 0.3 is 0 Å². The van der Waals surface area contributed by atoms with Gasteiger partial charge in [0.05, 0.1) is 0 Å². The first-order valence-electron chi connectivity index (χ1n) is 9.46. The van der Waals surface area contributed by atoms with E-state index in [4.69, 9.17) is 4.74 Å². The van der Waals surface area contributed by atoms with E-state index in [-0.39, 0.29) is 0 Å². The first-order valence-corrected chi connectivity index (χ1v) is 10.5. The van der Waals surface area contributed by atoms with Crippen molar-refractivity contribution in [3.63, 3.8) is 0 Å². The van der Waals surface area contributed by atoms with Crippen LogP contribution in [-0.2, 0) is 13.0 Å². The Morgan fingerprint density at radius 2 is 1.46 bits per heavy atom. The van der Waals surface area contributed by atoms with Crippen LogP contribution >= 0.6 is 22.6 Å². The molecule has 4 aromatic rings. The third-order valence-corrected chi connectivity index (χ3v) is 5.66. The molecule has 0 saturated heterocycles. The normalized spacial score (nSPS) is 10.8. The van der Waals surface area contributed by atoms with Crippen LogP contribution in [0.3, 0.4) is 0 Å². The van der Waals surface area contributed by atoms with Crippen LogP contribution in [0.5, 0.6) is 5.75 Å². The van der Waals surface area contributed by atoms with Gasteiger partial charge in [-0.1, -0.05) is 66.7 Å². The molecule has 0 aromatic heterocycles. The van der Waals surface area contributed by atoms with E-state index in [9.17, 15) is 0 Å². The average molecular weight is 479 g/mol. The second-order valence-corrected chi connectivity index (χ2v) is 7.94. The highest BCUT2D eigenvalue weighted by Gasteiger charge is 2.03. The summed E-state index contributed by atoms with van der Waals surface area (Å²) in [6.45, 7) is 1.47. The highest BCUT2D eigenvalue weighted by atomic mass is 127. The Hall–Kier alpha value is -2.53. The lowest BCUT2D eigenvalue weighted by molar-refractivity contribution is 0.306. The van der Waals surface area contributed by atoms with E-state index in [1.165, 1.54) is 19.9 Å². The van der Waals surface area contributed by atoms with Crippen LogP contribution in [0.4, 0.5) is 5.69 Å². The second kappa shape index (κ2) is 9.11. The lowest BCUT2D eigenvalue weighted by Crippen LogP contribution is -2.07. The van der Waals surface area contributed by atoms with E-state index in [1.807, 2.05) is 30.3 Å². The minimum absolute atomic E-state index is 0.570. The minimum atomic E-state index is 0.570. The molecule has 1 N–H and O–H groups in total. The molecule has 0 fully saturated rings. The molecular formula is C25H22INO.